The average Bonchev–Trinajstić information content (AvgIpc) is 3.13. The van der Waals surface area contributed by atoms with Gasteiger partial charge < -0.3 is 4.74 Å². The Bertz CT molecular complexity index is 960. The van der Waals surface area contributed by atoms with E-state index in [-0.39, 0.29) is 0 Å². The van der Waals surface area contributed by atoms with Gasteiger partial charge in [0.2, 0.25) is 4.96 Å². The van der Waals surface area contributed by atoms with Crippen molar-refractivity contribution in [3.8, 4) is 17.0 Å². The van der Waals surface area contributed by atoms with Crippen LogP contribution in [0.1, 0.15) is 10.6 Å². The third kappa shape index (κ3) is 3.07. The van der Waals surface area contributed by atoms with Gasteiger partial charge in [0.15, 0.2) is 5.01 Å². The van der Waals surface area contributed by atoms with Gasteiger partial charge in [-0.3, -0.25) is 0 Å². The summed E-state index contributed by atoms with van der Waals surface area (Å²) in [6, 6.07) is 16.1. The molecule has 0 spiro atoms. The van der Waals surface area contributed by atoms with Crippen molar-refractivity contribution < 1.29 is 4.74 Å². The van der Waals surface area contributed by atoms with Crippen LogP contribution in [0.25, 0.3) is 16.2 Å². The maximum atomic E-state index is 5.85. The third-order valence-electron chi connectivity index (χ3n) is 3.67. The number of aryl methyl sites for hydroxylation is 1. The van der Waals surface area contributed by atoms with Crippen molar-refractivity contribution in [1.82, 2.24) is 14.6 Å². The van der Waals surface area contributed by atoms with Crippen molar-refractivity contribution in [3.05, 3.63) is 69.8 Å². The SMILES string of the molecule is Cc1ccccc1OCc1nn2cc(-c3ccc(Br)cc3)nc2s1. The van der Waals surface area contributed by atoms with Crippen molar-refractivity contribution in [1.29, 1.82) is 0 Å². The van der Waals surface area contributed by atoms with E-state index in [2.05, 4.69) is 26.0 Å². The first-order chi connectivity index (χ1) is 11.7. The van der Waals surface area contributed by atoms with Crippen LogP contribution in [-0.4, -0.2) is 14.6 Å². The number of nitrogens with zero attached hydrogens (tertiary/aromatic N) is 3. The monoisotopic (exact) mass is 399 g/mol. The number of halogens is 1. The lowest BCUT2D eigenvalue weighted by Crippen LogP contribution is -1.97. The van der Waals surface area contributed by atoms with Crippen LogP contribution in [0.15, 0.2) is 59.2 Å². The zero-order valence-electron chi connectivity index (χ0n) is 12.9. The lowest BCUT2D eigenvalue weighted by molar-refractivity contribution is 0.302. The summed E-state index contributed by atoms with van der Waals surface area (Å²) in [6.07, 6.45) is 1.95. The molecule has 2 aromatic heterocycles. The van der Waals surface area contributed by atoms with Gasteiger partial charge >= 0.3 is 0 Å². The van der Waals surface area contributed by atoms with Crippen molar-refractivity contribution in [2.45, 2.75) is 13.5 Å². The highest BCUT2D eigenvalue weighted by Crippen LogP contribution is 2.25. The van der Waals surface area contributed by atoms with Crippen LogP contribution in [0.3, 0.4) is 0 Å². The van der Waals surface area contributed by atoms with E-state index >= 15 is 0 Å². The van der Waals surface area contributed by atoms with Gasteiger partial charge in [0.05, 0.1) is 11.9 Å². The van der Waals surface area contributed by atoms with Crippen LogP contribution in [0.5, 0.6) is 5.75 Å². The molecule has 120 valence electrons. The van der Waals surface area contributed by atoms with E-state index in [0.29, 0.717) is 6.61 Å². The summed E-state index contributed by atoms with van der Waals surface area (Å²) in [5.74, 6) is 0.890. The fourth-order valence-electron chi connectivity index (χ4n) is 2.42. The largest absolute Gasteiger partial charge is 0.486 e. The van der Waals surface area contributed by atoms with E-state index in [4.69, 9.17) is 4.74 Å². The molecule has 0 bridgehead atoms. The number of para-hydroxylation sites is 1. The molecule has 0 saturated heterocycles. The molecule has 2 heterocycles. The fraction of sp³-hybridized carbons (Fsp3) is 0.111. The summed E-state index contributed by atoms with van der Waals surface area (Å²) in [5.41, 5.74) is 3.12. The molecule has 0 aliphatic rings. The Labute approximate surface area is 151 Å². The smallest absolute Gasteiger partial charge is 0.212 e. The maximum Gasteiger partial charge on any atom is 0.212 e. The Morgan fingerprint density at radius 1 is 1.12 bits per heavy atom. The van der Waals surface area contributed by atoms with Gasteiger partial charge in [0, 0.05) is 10.0 Å². The lowest BCUT2D eigenvalue weighted by atomic mass is 10.2. The molecule has 0 aliphatic carbocycles. The number of imidazole rings is 1. The molecule has 4 aromatic rings. The Balaban J connectivity index is 1.53. The summed E-state index contributed by atoms with van der Waals surface area (Å²) >= 11 is 4.99. The van der Waals surface area contributed by atoms with Crippen LogP contribution in [0.2, 0.25) is 0 Å². The van der Waals surface area contributed by atoms with Crippen LogP contribution >= 0.6 is 27.3 Å². The van der Waals surface area contributed by atoms with Gasteiger partial charge in [-0.15, -0.1) is 0 Å². The molecule has 4 rings (SSSR count). The summed E-state index contributed by atoms with van der Waals surface area (Å²) < 4.78 is 8.73. The quantitative estimate of drug-likeness (QED) is 0.478. The Morgan fingerprint density at radius 3 is 2.67 bits per heavy atom. The minimum absolute atomic E-state index is 0.451. The van der Waals surface area contributed by atoms with Crippen molar-refractivity contribution in [3.63, 3.8) is 0 Å². The molecule has 0 fully saturated rings. The number of hydrogen-bond acceptors (Lipinski definition) is 4. The highest BCUT2D eigenvalue weighted by Gasteiger charge is 2.10. The molecule has 0 radical (unpaired) electrons. The molecular weight excluding hydrogens is 386 g/mol. The molecule has 2 aromatic carbocycles. The molecule has 0 unspecified atom stereocenters. The number of fused-ring (bicyclic) bond motifs is 1. The second kappa shape index (κ2) is 6.37. The second-order valence-corrected chi connectivity index (χ2v) is 7.37. The molecule has 0 amide bonds. The molecule has 0 aliphatic heterocycles. The third-order valence-corrected chi connectivity index (χ3v) is 5.09. The first-order valence-corrected chi connectivity index (χ1v) is 9.09. The van der Waals surface area contributed by atoms with Gasteiger partial charge in [0.1, 0.15) is 12.4 Å². The Morgan fingerprint density at radius 2 is 1.92 bits per heavy atom. The van der Waals surface area contributed by atoms with E-state index in [1.807, 2.05) is 66.2 Å². The molecule has 0 atom stereocenters. The van der Waals surface area contributed by atoms with Gasteiger partial charge in [-0.1, -0.05) is 57.6 Å². The average molecular weight is 400 g/mol. The summed E-state index contributed by atoms with van der Waals surface area (Å²) in [6.45, 7) is 2.49. The number of rotatable bonds is 4. The molecule has 4 nitrogen and oxygen atoms in total. The number of hydrogen-bond donors (Lipinski definition) is 0. The van der Waals surface area contributed by atoms with E-state index in [1.165, 1.54) is 0 Å². The highest BCUT2D eigenvalue weighted by molar-refractivity contribution is 9.10. The Kier molecular flexibility index (Phi) is 4.08. The number of benzene rings is 2. The van der Waals surface area contributed by atoms with Crippen LogP contribution < -0.4 is 4.74 Å². The molecule has 0 saturated carbocycles. The van der Waals surface area contributed by atoms with Gasteiger partial charge in [0.25, 0.3) is 0 Å². The topological polar surface area (TPSA) is 39.4 Å². The highest BCUT2D eigenvalue weighted by atomic mass is 79.9. The van der Waals surface area contributed by atoms with Crippen molar-refractivity contribution in [2.24, 2.45) is 0 Å². The zero-order valence-corrected chi connectivity index (χ0v) is 15.3. The van der Waals surface area contributed by atoms with E-state index in [1.54, 1.807) is 11.3 Å². The van der Waals surface area contributed by atoms with Gasteiger partial charge in [-0.05, 0) is 30.7 Å². The predicted molar refractivity (Wildman–Crippen MR) is 99.5 cm³/mol. The fourth-order valence-corrected chi connectivity index (χ4v) is 3.47. The van der Waals surface area contributed by atoms with Crippen LogP contribution in [0, 0.1) is 6.92 Å². The molecule has 24 heavy (non-hydrogen) atoms. The van der Waals surface area contributed by atoms with Crippen LogP contribution in [0.4, 0.5) is 0 Å². The zero-order chi connectivity index (χ0) is 16.5. The maximum absolute atomic E-state index is 5.85. The van der Waals surface area contributed by atoms with E-state index in [9.17, 15) is 0 Å². The minimum Gasteiger partial charge on any atom is -0.486 e. The van der Waals surface area contributed by atoms with E-state index < -0.39 is 0 Å². The summed E-state index contributed by atoms with van der Waals surface area (Å²) in [5, 5.41) is 5.47. The normalized spacial score (nSPS) is 11.1. The molecular formula is C18H14BrN3OS. The van der Waals surface area contributed by atoms with Crippen molar-refractivity contribution >= 4 is 32.2 Å². The van der Waals surface area contributed by atoms with Crippen molar-refractivity contribution in [2.75, 3.05) is 0 Å². The minimum atomic E-state index is 0.451. The standard InChI is InChI=1S/C18H14BrN3OS/c1-12-4-2-3-5-16(12)23-11-17-21-22-10-15(20-18(22)24-17)13-6-8-14(19)9-7-13/h2-10H,11H2,1H3. The number of ether oxygens (including phenoxy) is 1. The first kappa shape index (κ1) is 15.4. The second-order valence-electron chi connectivity index (χ2n) is 5.41. The molecule has 0 N–H and O–H groups in total. The van der Waals surface area contributed by atoms with Gasteiger partial charge in [-0.2, -0.15) is 5.10 Å². The predicted octanol–water partition coefficient (Wildman–Crippen LogP) is 5.11. The van der Waals surface area contributed by atoms with Gasteiger partial charge in [-0.25, -0.2) is 9.50 Å². The summed E-state index contributed by atoms with van der Waals surface area (Å²) in [4.78, 5) is 5.53. The first-order valence-electron chi connectivity index (χ1n) is 7.48. The van der Waals surface area contributed by atoms with E-state index in [0.717, 1.165) is 37.0 Å². The lowest BCUT2D eigenvalue weighted by Gasteiger charge is -2.06. The summed E-state index contributed by atoms with van der Waals surface area (Å²) in [7, 11) is 0. The Hall–Kier alpha value is -2.18. The number of aromatic nitrogens is 3. The van der Waals surface area contributed by atoms with Crippen LogP contribution in [-0.2, 0) is 6.61 Å². The molecule has 6 heteroatoms.